The van der Waals surface area contributed by atoms with Crippen LogP contribution in [-0.2, 0) is 6.18 Å². The number of hydrogen-bond acceptors (Lipinski definition) is 3. The van der Waals surface area contributed by atoms with E-state index in [-0.39, 0.29) is 29.0 Å². The highest BCUT2D eigenvalue weighted by molar-refractivity contribution is 8.02. The molecule has 0 amide bonds. The summed E-state index contributed by atoms with van der Waals surface area (Å²) in [5.41, 5.74) is -2.80. The van der Waals surface area contributed by atoms with Gasteiger partial charge < -0.3 is 10.0 Å². The smallest absolute Gasteiger partial charge is 0.379 e. The molecule has 1 aromatic rings. The summed E-state index contributed by atoms with van der Waals surface area (Å²) in [6.07, 6.45) is -6.91. The van der Waals surface area contributed by atoms with Crippen molar-refractivity contribution in [3.05, 3.63) is 35.9 Å². The third kappa shape index (κ3) is 3.07. The Balaban J connectivity index is 1.55. The molecule has 0 aliphatic heterocycles. The Morgan fingerprint density at radius 3 is 2.22 bits per heavy atom. The maximum Gasteiger partial charge on any atom is 0.416 e. The Bertz CT molecular complexity index is 803. The third-order valence-corrected chi connectivity index (χ3v) is 7.06. The monoisotopic (exact) mass is 408 g/mol. The minimum absolute atomic E-state index is 0.0151. The highest BCUT2D eigenvalue weighted by Crippen LogP contribution is 2.84. The number of benzene rings is 1. The average molecular weight is 408 g/mol. The molecule has 0 heterocycles. The standard InChI is InChI=1S/C18H18F6N2S/c1-10(25-16-8-15(16,9-16)18(22,23)24)12-4-3-11(17(19,20)21)7-13(12)26-27-14(2)5-6-14/h3-4,7,25-26H,1,5-6,8-9H2,2H3. The van der Waals surface area contributed by atoms with Crippen LogP contribution in [0.2, 0.25) is 0 Å². The largest absolute Gasteiger partial charge is 0.416 e. The van der Waals surface area contributed by atoms with Crippen LogP contribution in [0, 0.1) is 5.41 Å². The number of hydrogen-bond donors (Lipinski definition) is 2. The number of anilines is 1. The normalized spacial score (nSPS) is 30.3. The number of rotatable bonds is 6. The van der Waals surface area contributed by atoms with Crippen molar-refractivity contribution in [3.63, 3.8) is 0 Å². The summed E-state index contributed by atoms with van der Waals surface area (Å²) in [5.74, 6) is 0. The molecule has 9 heteroatoms. The van der Waals surface area contributed by atoms with Gasteiger partial charge in [0, 0.05) is 16.0 Å². The molecule has 2 nitrogen and oxygen atoms in total. The molecular formula is C18H18F6N2S. The molecule has 2 N–H and O–H groups in total. The molecule has 0 unspecified atom stereocenters. The molecule has 0 radical (unpaired) electrons. The lowest BCUT2D eigenvalue weighted by Crippen LogP contribution is -2.23. The van der Waals surface area contributed by atoms with E-state index in [2.05, 4.69) is 16.6 Å². The molecule has 3 saturated carbocycles. The van der Waals surface area contributed by atoms with Gasteiger partial charge in [0.05, 0.1) is 22.2 Å². The van der Waals surface area contributed by atoms with Gasteiger partial charge in [-0.2, -0.15) is 26.3 Å². The molecule has 0 aromatic heterocycles. The molecular weight excluding hydrogens is 390 g/mol. The molecule has 0 saturated heterocycles. The molecule has 0 atom stereocenters. The van der Waals surface area contributed by atoms with Gasteiger partial charge in [0.15, 0.2) is 0 Å². The summed E-state index contributed by atoms with van der Waals surface area (Å²) in [5, 5.41) is 2.83. The van der Waals surface area contributed by atoms with E-state index in [1.54, 1.807) is 0 Å². The summed E-state index contributed by atoms with van der Waals surface area (Å²) in [6, 6.07) is 3.16. The lowest BCUT2D eigenvalue weighted by atomic mass is 10.1. The fourth-order valence-electron chi connectivity index (χ4n) is 3.45. The first-order valence-electron chi connectivity index (χ1n) is 8.51. The van der Waals surface area contributed by atoms with Crippen LogP contribution in [0.25, 0.3) is 5.70 Å². The number of nitrogens with one attached hydrogen (secondary N) is 2. The first-order chi connectivity index (χ1) is 12.3. The minimum Gasteiger partial charge on any atom is -0.379 e. The Labute approximate surface area is 156 Å². The van der Waals surface area contributed by atoms with Gasteiger partial charge in [-0.05, 0) is 56.7 Å². The summed E-state index contributed by atoms with van der Waals surface area (Å²) in [4.78, 5) is 0. The molecule has 3 aliphatic rings. The third-order valence-electron chi connectivity index (χ3n) is 5.84. The van der Waals surface area contributed by atoms with Crippen LogP contribution in [0.1, 0.15) is 43.7 Å². The van der Waals surface area contributed by atoms with Crippen LogP contribution in [0.4, 0.5) is 32.0 Å². The Morgan fingerprint density at radius 1 is 1.11 bits per heavy atom. The fraction of sp³-hybridized carbons (Fsp3) is 0.556. The quantitative estimate of drug-likeness (QED) is 0.448. The van der Waals surface area contributed by atoms with Crippen molar-refractivity contribution in [1.29, 1.82) is 0 Å². The predicted octanol–water partition coefficient (Wildman–Crippen LogP) is 5.97. The molecule has 1 aromatic carbocycles. The first-order valence-corrected chi connectivity index (χ1v) is 9.32. The van der Waals surface area contributed by atoms with E-state index in [4.69, 9.17) is 0 Å². The highest BCUT2D eigenvalue weighted by Gasteiger charge is 2.94. The molecule has 27 heavy (non-hydrogen) atoms. The number of alkyl halides is 6. The first kappa shape index (κ1) is 18.8. The highest BCUT2D eigenvalue weighted by atomic mass is 32.2. The van der Waals surface area contributed by atoms with E-state index in [1.807, 2.05) is 6.92 Å². The lowest BCUT2D eigenvalue weighted by Gasteiger charge is -2.19. The van der Waals surface area contributed by atoms with Crippen LogP contribution in [0.3, 0.4) is 0 Å². The summed E-state index contributed by atoms with van der Waals surface area (Å²) < 4.78 is 81.3. The summed E-state index contributed by atoms with van der Waals surface area (Å²) in [7, 11) is 0. The van der Waals surface area contributed by atoms with Crippen molar-refractivity contribution in [2.45, 2.75) is 55.2 Å². The van der Waals surface area contributed by atoms with Crippen LogP contribution >= 0.6 is 11.9 Å². The zero-order chi connectivity index (χ0) is 19.9. The topological polar surface area (TPSA) is 24.1 Å². The number of halogens is 6. The Kier molecular flexibility index (Phi) is 3.70. The lowest BCUT2D eigenvalue weighted by molar-refractivity contribution is -0.167. The van der Waals surface area contributed by atoms with Crippen LogP contribution in [0.15, 0.2) is 24.8 Å². The van der Waals surface area contributed by atoms with Crippen LogP contribution in [-0.4, -0.2) is 16.5 Å². The van der Waals surface area contributed by atoms with E-state index in [9.17, 15) is 26.3 Å². The maximum absolute atomic E-state index is 13.1. The van der Waals surface area contributed by atoms with Gasteiger partial charge in [-0.3, -0.25) is 0 Å². The number of fused-ring (bicyclic) bond motifs is 1. The van der Waals surface area contributed by atoms with Gasteiger partial charge >= 0.3 is 12.4 Å². The minimum atomic E-state index is -4.50. The van der Waals surface area contributed by atoms with Crippen molar-refractivity contribution in [2.75, 3.05) is 4.72 Å². The van der Waals surface area contributed by atoms with E-state index < -0.39 is 28.9 Å². The molecule has 3 aliphatic carbocycles. The van der Waals surface area contributed by atoms with E-state index in [1.165, 1.54) is 18.0 Å². The zero-order valence-corrected chi connectivity index (χ0v) is 15.3. The summed E-state index contributed by atoms with van der Waals surface area (Å²) in [6.45, 7) is 5.79. The molecule has 0 spiro atoms. The molecule has 148 valence electrons. The maximum atomic E-state index is 13.1. The van der Waals surface area contributed by atoms with Gasteiger partial charge in [0.1, 0.15) is 0 Å². The fourth-order valence-corrected chi connectivity index (χ4v) is 4.28. The van der Waals surface area contributed by atoms with Crippen molar-refractivity contribution in [1.82, 2.24) is 5.32 Å². The second-order valence-electron chi connectivity index (χ2n) is 8.03. The predicted molar refractivity (Wildman–Crippen MR) is 92.9 cm³/mol. The Hall–Kier alpha value is -1.51. The zero-order valence-electron chi connectivity index (χ0n) is 14.4. The van der Waals surface area contributed by atoms with Gasteiger partial charge in [0.2, 0.25) is 0 Å². The Morgan fingerprint density at radius 2 is 1.74 bits per heavy atom. The van der Waals surface area contributed by atoms with Crippen LogP contribution in [0.5, 0.6) is 0 Å². The van der Waals surface area contributed by atoms with E-state index in [0.717, 1.165) is 25.0 Å². The van der Waals surface area contributed by atoms with Gasteiger partial charge in [-0.15, -0.1) is 0 Å². The molecule has 4 rings (SSSR count). The average Bonchev–Trinajstić information content (AvgIpc) is 3.42. The van der Waals surface area contributed by atoms with Crippen molar-refractivity contribution < 1.29 is 26.3 Å². The van der Waals surface area contributed by atoms with Gasteiger partial charge in [-0.1, -0.05) is 12.6 Å². The molecule has 0 bridgehead atoms. The SMILES string of the molecule is C=C(NC12CC1(C(F)(F)F)C2)c1ccc(C(F)(F)F)cc1NSC1(C)CC1. The van der Waals surface area contributed by atoms with Crippen LogP contribution < -0.4 is 10.0 Å². The second-order valence-corrected chi connectivity index (χ2v) is 9.43. The van der Waals surface area contributed by atoms with Crippen molar-refractivity contribution in [3.8, 4) is 0 Å². The van der Waals surface area contributed by atoms with Gasteiger partial charge in [-0.25, -0.2) is 0 Å². The van der Waals surface area contributed by atoms with E-state index in [0.29, 0.717) is 5.56 Å². The summed E-state index contributed by atoms with van der Waals surface area (Å²) >= 11 is 1.33. The second kappa shape index (κ2) is 5.30. The molecule has 3 fully saturated rings. The van der Waals surface area contributed by atoms with Crippen molar-refractivity contribution in [2.24, 2.45) is 5.41 Å². The van der Waals surface area contributed by atoms with Crippen molar-refractivity contribution >= 4 is 23.3 Å². The van der Waals surface area contributed by atoms with E-state index >= 15 is 0 Å². The van der Waals surface area contributed by atoms with Gasteiger partial charge in [0.25, 0.3) is 0 Å².